The molecule has 24 heavy (non-hydrogen) atoms. The van der Waals surface area contributed by atoms with E-state index < -0.39 is 34.2 Å². The number of methoxy groups -OCH3 is 1. The fourth-order valence-corrected chi connectivity index (χ4v) is 1.79. The van der Waals surface area contributed by atoms with E-state index in [0.717, 1.165) is 25.3 Å². The van der Waals surface area contributed by atoms with E-state index in [1.807, 2.05) is 5.32 Å². The van der Waals surface area contributed by atoms with E-state index in [-0.39, 0.29) is 11.3 Å². The Morgan fingerprint density at radius 3 is 2.58 bits per heavy atom. The Kier molecular flexibility index (Phi) is 5.05. The summed E-state index contributed by atoms with van der Waals surface area (Å²) in [5.41, 5.74) is -0.832. The highest BCUT2D eigenvalue weighted by Crippen LogP contribution is 2.23. The van der Waals surface area contributed by atoms with Crippen molar-refractivity contribution in [3.8, 4) is 5.75 Å². The van der Waals surface area contributed by atoms with Crippen molar-refractivity contribution < 1.29 is 28.4 Å². The lowest BCUT2D eigenvalue weighted by Crippen LogP contribution is -2.19. The molecule has 1 amide bonds. The fourth-order valence-electron chi connectivity index (χ4n) is 1.79. The first-order valence-electron chi connectivity index (χ1n) is 6.52. The predicted octanol–water partition coefficient (Wildman–Crippen LogP) is 3.13. The van der Waals surface area contributed by atoms with Gasteiger partial charge in [-0.3, -0.25) is 15.4 Å². The number of hydrogen-bond acceptors (Lipinski definition) is 6. The van der Waals surface area contributed by atoms with Gasteiger partial charge in [0, 0.05) is 12.1 Å². The first-order chi connectivity index (χ1) is 11.4. The van der Waals surface area contributed by atoms with Crippen LogP contribution in [-0.2, 0) is 4.74 Å². The number of nitro groups is 1. The number of ether oxygens (including phenoxy) is 2. The molecule has 0 unspecified atom stereocenters. The molecule has 0 aliphatic heterocycles. The predicted molar refractivity (Wildman–Crippen MR) is 80.5 cm³/mol. The standard InChI is InChI=1S/C15H11FN2O6/c1-23-14(19)10-4-2-3-5-13(10)24-15(20)17-12-8-9(18(21)22)6-7-11(12)16/h2-8H,1H3,(H,17,20). The number of anilines is 1. The number of carbonyl (C=O) groups is 2. The first kappa shape index (κ1) is 16.9. The zero-order chi connectivity index (χ0) is 17.7. The van der Waals surface area contributed by atoms with Crippen molar-refractivity contribution in [2.75, 3.05) is 12.4 Å². The second kappa shape index (κ2) is 7.18. The number of nitro benzene ring substituents is 1. The van der Waals surface area contributed by atoms with E-state index in [2.05, 4.69) is 4.74 Å². The van der Waals surface area contributed by atoms with Crippen LogP contribution in [0.2, 0.25) is 0 Å². The largest absolute Gasteiger partial charge is 0.465 e. The van der Waals surface area contributed by atoms with Gasteiger partial charge in [0.1, 0.15) is 17.1 Å². The molecule has 124 valence electrons. The van der Waals surface area contributed by atoms with Gasteiger partial charge in [-0.25, -0.2) is 14.0 Å². The number of para-hydroxylation sites is 1. The third kappa shape index (κ3) is 3.83. The van der Waals surface area contributed by atoms with Crippen LogP contribution in [0.3, 0.4) is 0 Å². The summed E-state index contributed by atoms with van der Waals surface area (Å²) in [7, 11) is 1.16. The van der Waals surface area contributed by atoms with Gasteiger partial charge in [0.2, 0.25) is 0 Å². The summed E-state index contributed by atoms with van der Waals surface area (Å²) in [6.07, 6.45) is -1.12. The Balaban J connectivity index is 2.19. The first-order valence-corrected chi connectivity index (χ1v) is 6.52. The van der Waals surface area contributed by atoms with Crippen LogP contribution < -0.4 is 10.1 Å². The Hall–Kier alpha value is -3.49. The van der Waals surface area contributed by atoms with E-state index in [1.54, 1.807) is 0 Å². The molecule has 0 bridgehead atoms. The molecular formula is C15H11FN2O6. The monoisotopic (exact) mass is 334 g/mol. The minimum absolute atomic E-state index is 0.00494. The third-order valence-corrected chi connectivity index (χ3v) is 2.89. The molecule has 0 radical (unpaired) electrons. The lowest BCUT2D eigenvalue weighted by Gasteiger charge is -2.10. The smallest absolute Gasteiger partial charge is 0.417 e. The number of rotatable bonds is 4. The van der Waals surface area contributed by atoms with Crippen molar-refractivity contribution in [2.24, 2.45) is 0 Å². The summed E-state index contributed by atoms with van der Waals surface area (Å²) in [6, 6.07) is 8.43. The number of benzene rings is 2. The number of carbonyl (C=O) groups excluding carboxylic acids is 2. The molecule has 2 rings (SSSR count). The number of nitrogens with one attached hydrogen (secondary N) is 1. The second-order valence-electron chi connectivity index (χ2n) is 4.42. The third-order valence-electron chi connectivity index (χ3n) is 2.89. The number of halogens is 1. The van der Waals surface area contributed by atoms with Crippen LogP contribution in [0.4, 0.5) is 20.6 Å². The van der Waals surface area contributed by atoms with E-state index in [9.17, 15) is 24.1 Å². The quantitative estimate of drug-likeness (QED) is 0.523. The Labute approximate surface area is 135 Å². The van der Waals surface area contributed by atoms with Crippen LogP contribution in [0.25, 0.3) is 0 Å². The normalized spacial score (nSPS) is 9.92. The lowest BCUT2D eigenvalue weighted by molar-refractivity contribution is -0.384. The van der Waals surface area contributed by atoms with Gasteiger partial charge in [0.25, 0.3) is 5.69 Å². The van der Waals surface area contributed by atoms with Gasteiger partial charge in [0.05, 0.1) is 17.7 Å². The Morgan fingerprint density at radius 2 is 1.92 bits per heavy atom. The highest BCUT2D eigenvalue weighted by atomic mass is 19.1. The molecule has 2 aromatic carbocycles. The molecule has 2 aromatic rings. The van der Waals surface area contributed by atoms with Crippen LogP contribution >= 0.6 is 0 Å². The maximum absolute atomic E-state index is 13.6. The van der Waals surface area contributed by atoms with Gasteiger partial charge < -0.3 is 9.47 Å². The van der Waals surface area contributed by atoms with Crippen molar-refractivity contribution in [2.45, 2.75) is 0 Å². The maximum Gasteiger partial charge on any atom is 0.417 e. The van der Waals surface area contributed by atoms with Crippen molar-refractivity contribution in [1.82, 2.24) is 0 Å². The molecule has 9 heteroatoms. The molecule has 0 fully saturated rings. The van der Waals surface area contributed by atoms with Gasteiger partial charge in [-0.05, 0) is 18.2 Å². The van der Waals surface area contributed by atoms with Crippen molar-refractivity contribution >= 4 is 23.4 Å². The Morgan fingerprint density at radius 1 is 1.21 bits per heavy atom. The zero-order valence-electron chi connectivity index (χ0n) is 12.3. The lowest BCUT2D eigenvalue weighted by atomic mass is 10.2. The number of amides is 1. The van der Waals surface area contributed by atoms with E-state index >= 15 is 0 Å². The SMILES string of the molecule is COC(=O)c1ccccc1OC(=O)Nc1cc([N+](=O)[O-])ccc1F. The van der Waals surface area contributed by atoms with E-state index in [0.29, 0.717) is 0 Å². The highest BCUT2D eigenvalue weighted by molar-refractivity contribution is 5.94. The van der Waals surface area contributed by atoms with Gasteiger partial charge >= 0.3 is 12.1 Å². The molecule has 0 aromatic heterocycles. The molecule has 0 atom stereocenters. The molecule has 0 heterocycles. The summed E-state index contributed by atoms with van der Waals surface area (Å²) in [5.74, 6) is -1.70. The summed E-state index contributed by atoms with van der Waals surface area (Å²) in [6.45, 7) is 0. The van der Waals surface area contributed by atoms with Gasteiger partial charge in [-0.1, -0.05) is 12.1 Å². The van der Waals surface area contributed by atoms with Crippen LogP contribution in [0.15, 0.2) is 42.5 Å². The van der Waals surface area contributed by atoms with E-state index in [1.165, 1.54) is 24.3 Å². The van der Waals surface area contributed by atoms with E-state index in [4.69, 9.17) is 4.74 Å². The second-order valence-corrected chi connectivity index (χ2v) is 4.42. The van der Waals surface area contributed by atoms with Crippen LogP contribution in [0.1, 0.15) is 10.4 Å². The van der Waals surface area contributed by atoms with Crippen molar-refractivity contribution in [3.05, 3.63) is 64.0 Å². The average molecular weight is 334 g/mol. The maximum atomic E-state index is 13.6. The summed E-state index contributed by atoms with van der Waals surface area (Å²) in [4.78, 5) is 33.4. The molecule has 1 N–H and O–H groups in total. The van der Waals surface area contributed by atoms with Crippen LogP contribution in [0.5, 0.6) is 5.75 Å². The van der Waals surface area contributed by atoms with Crippen molar-refractivity contribution in [3.63, 3.8) is 0 Å². The molecule has 8 nitrogen and oxygen atoms in total. The summed E-state index contributed by atoms with van der Waals surface area (Å²) in [5, 5.41) is 12.7. The number of nitrogens with zero attached hydrogens (tertiary/aromatic N) is 1. The average Bonchev–Trinajstić information content (AvgIpc) is 2.56. The number of esters is 1. The zero-order valence-corrected chi connectivity index (χ0v) is 12.3. The minimum atomic E-state index is -1.12. The summed E-state index contributed by atoms with van der Waals surface area (Å²) < 4.78 is 23.1. The van der Waals surface area contributed by atoms with Gasteiger partial charge in [-0.2, -0.15) is 0 Å². The fraction of sp³-hybridized carbons (Fsp3) is 0.0667. The molecule has 0 aliphatic rings. The van der Waals surface area contributed by atoms with Crippen molar-refractivity contribution in [1.29, 1.82) is 0 Å². The Bertz CT molecular complexity index is 808. The van der Waals surface area contributed by atoms with Gasteiger partial charge in [0.15, 0.2) is 0 Å². The molecule has 0 saturated heterocycles. The molecule has 0 saturated carbocycles. The highest BCUT2D eigenvalue weighted by Gasteiger charge is 2.17. The summed E-state index contributed by atoms with van der Waals surface area (Å²) >= 11 is 0. The van der Waals surface area contributed by atoms with Crippen LogP contribution in [0, 0.1) is 15.9 Å². The van der Waals surface area contributed by atoms with Gasteiger partial charge in [-0.15, -0.1) is 0 Å². The molecule has 0 aliphatic carbocycles. The number of non-ortho nitro benzene ring substituents is 1. The van der Waals surface area contributed by atoms with Crippen LogP contribution in [-0.4, -0.2) is 24.1 Å². The molecular weight excluding hydrogens is 323 g/mol. The topological polar surface area (TPSA) is 108 Å². The number of hydrogen-bond donors (Lipinski definition) is 1. The molecule has 0 spiro atoms. The minimum Gasteiger partial charge on any atom is -0.465 e.